The molecule has 5 nitrogen and oxygen atoms in total. The minimum absolute atomic E-state index is 0.373. The Kier molecular flexibility index (Phi) is 3.13. The van der Waals surface area contributed by atoms with Crippen LogP contribution in [0.4, 0.5) is 14.5 Å². The molecule has 0 bridgehead atoms. The Labute approximate surface area is 89.8 Å². The quantitative estimate of drug-likeness (QED) is 0.840. The summed E-state index contributed by atoms with van der Waals surface area (Å²) in [6.45, 7) is 0. The molecule has 0 aliphatic carbocycles. The van der Waals surface area contributed by atoms with E-state index in [0.29, 0.717) is 12.1 Å². The largest absolute Gasteiger partial charge is 0.477 e. The van der Waals surface area contributed by atoms with E-state index in [0.717, 1.165) is 6.26 Å². The van der Waals surface area contributed by atoms with Gasteiger partial charge in [0.1, 0.15) is 17.2 Å². The van der Waals surface area contributed by atoms with Crippen LogP contribution in [-0.4, -0.2) is 25.7 Å². The van der Waals surface area contributed by atoms with Gasteiger partial charge >= 0.3 is 5.97 Å². The van der Waals surface area contributed by atoms with Crippen LogP contribution < -0.4 is 4.72 Å². The first-order chi connectivity index (χ1) is 7.20. The average Bonchev–Trinajstić information content (AvgIpc) is 1.96. The fourth-order valence-electron chi connectivity index (χ4n) is 1.05. The van der Waals surface area contributed by atoms with Gasteiger partial charge in [-0.25, -0.2) is 22.0 Å². The van der Waals surface area contributed by atoms with Gasteiger partial charge in [-0.15, -0.1) is 0 Å². The number of carboxylic acids is 1. The number of hydrogen-bond acceptors (Lipinski definition) is 3. The lowest BCUT2D eigenvalue weighted by Crippen LogP contribution is -2.12. The van der Waals surface area contributed by atoms with Crippen LogP contribution in [0.1, 0.15) is 10.4 Å². The van der Waals surface area contributed by atoms with Crippen molar-refractivity contribution in [1.82, 2.24) is 0 Å². The molecule has 0 aromatic heterocycles. The van der Waals surface area contributed by atoms with Crippen LogP contribution in [0.5, 0.6) is 0 Å². The SMILES string of the molecule is CS(=O)(=O)Nc1cc(F)c(C(=O)O)c(F)c1. The van der Waals surface area contributed by atoms with Crippen LogP contribution in [0, 0.1) is 11.6 Å². The highest BCUT2D eigenvalue weighted by Crippen LogP contribution is 2.19. The summed E-state index contributed by atoms with van der Waals surface area (Å²) in [7, 11) is -3.67. The van der Waals surface area contributed by atoms with Gasteiger partial charge in [0.25, 0.3) is 0 Å². The molecule has 88 valence electrons. The van der Waals surface area contributed by atoms with E-state index in [-0.39, 0.29) is 5.69 Å². The standard InChI is InChI=1S/C8H7F2NO4S/c1-16(14,15)11-4-2-5(9)7(8(12)13)6(10)3-4/h2-3,11H,1H3,(H,12,13). The van der Waals surface area contributed by atoms with Gasteiger partial charge in [0.2, 0.25) is 10.0 Å². The molecule has 0 spiro atoms. The first-order valence-electron chi connectivity index (χ1n) is 3.91. The number of anilines is 1. The van der Waals surface area contributed by atoms with Crippen molar-refractivity contribution in [2.45, 2.75) is 0 Å². The molecule has 0 heterocycles. The number of carbonyl (C=O) groups is 1. The zero-order valence-electron chi connectivity index (χ0n) is 7.99. The highest BCUT2D eigenvalue weighted by atomic mass is 32.2. The van der Waals surface area contributed by atoms with E-state index < -0.39 is 33.2 Å². The topological polar surface area (TPSA) is 83.5 Å². The second-order valence-corrected chi connectivity index (χ2v) is 4.74. The molecule has 1 rings (SSSR count). The van der Waals surface area contributed by atoms with Crippen molar-refractivity contribution < 1.29 is 27.1 Å². The van der Waals surface area contributed by atoms with Gasteiger partial charge in [-0.3, -0.25) is 4.72 Å². The Balaban J connectivity index is 3.25. The maximum absolute atomic E-state index is 13.1. The predicted octanol–water partition coefficient (Wildman–Crippen LogP) is 1.03. The zero-order chi connectivity index (χ0) is 12.5. The minimum Gasteiger partial charge on any atom is -0.477 e. The highest BCUT2D eigenvalue weighted by Gasteiger charge is 2.18. The maximum Gasteiger partial charge on any atom is 0.341 e. The van der Waals surface area contributed by atoms with Crippen LogP contribution in [0.25, 0.3) is 0 Å². The van der Waals surface area contributed by atoms with Crippen molar-refractivity contribution in [2.75, 3.05) is 11.0 Å². The number of carboxylic acid groups (broad SMARTS) is 1. The summed E-state index contributed by atoms with van der Waals surface area (Å²) in [5, 5.41) is 8.45. The summed E-state index contributed by atoms with van der Waals surface area (Å²) in [5.74, 6) is -4.46. The van der Waals surface area contributed by atoms with Crippen LogP contribution >= 0.6 is 0 Å². The fourth-order valence-corrected chi connectivity index (χ4v) is 1.60. The highest BCUT2D eigenvalue weighted by molar-refractivity contribution is 7.92. The third-order valence-electron chi connectivity index (χ3n) is 1.56. The van der Waals surface area contributed by atoms with Crippen molar-refractivity contribution >= 4 is 21.7 Å². The molecule has 2 N–H and O–H groups in total. The molecule has 0 aliphatic rings. The lowest BCUT2D eigenvalue weighted by Gasteiger charge is -2.06. The summed E-state index contributed by atoms with van der Waals surface area (Å²) in [6.07, 6.45) is 0.800. The van der Waals surface area contributed by atoms with Gasteiger partial charge in [0.05, 0.1) is 11.9 Å². The van der Waals surface area contributed by atoms with E-state index in [4.69, 9.17) is 5.11 Å². The molecule has 0 saturated heterocycles. The van der Waals surface area contributed by atoms with E-state index >= 15 is 0 Å². The number of hydrogen-bond donors (Lipinski definition) is 2. The number of sulfonamides is 1. The summed E-state index contributed by atoms with van der Waals surface area (Å²) in [5.41, 5.74) is -1.50. The van der Waals surface area contributed by atoms with Gasteiger partial charge in [-0.1, -0.05) is 0 Å². The van der Waals surface area contributed by atoms with E-state index in [1.807, 2.05) is 4.72 Å². The van der Waals surface area contributed by atoms with Crippen molar-refractivity contribution in [3.8, 4) is 0 Å². The predicted molar refractivity (Wildman–Crippen MR) is 51.8 cm³/mol. The number of rotatable bonds is 3. The Morgan fingerprint density at radius 1 is 1.31 bits per heavy atom. The molecular formula is C8H7F2NO4S. The molecule has 0 aliphatic heterocycles. The van der Waals surface area contributed by atoms with Crippen molar-refractivity contribution in [2.24, 2.45) is 0 Å². The summed E-state index contributed by atoms with van der Waals surface area (Å²) in [6, 6.07) is 1.18. The molecule has 0 unspecified atom stereocenters. The van der Waals surface area contributed by atoms with Crippen LogP contribution in [-0.2, 0) is 10.0 Å². The van der Waals surface area contributed by atoms with Gasteiger partial charge < -0.3 is 5.11 Å². The second-order valence-electron chi connectivity index (χ2n) is 2.99. The molecule has 1 aromatic carbocycles. The second kappa shape index (κ2) is 4.05. The normalized spacial score (nSPS) is 11.2. The van der Waals surface area contributed by atoms with Crippen LogP contribution in [0.3, 0.4) is 0 Å². The summed E-state index contributed by atoms with van der Waals surface area (Å²) >= 11 is 0. The lowest BCUT2D eigenvalue weighted by molar-refractivity contribution is 0.0686. The first kappa shape index (κ1) is 12.4. The molecule has 0 amide bonds. The molecule has 1 aromatic rings. The molecule has 8 heteroatoms. The Morgan fingerprint density at radius 2 is 1.75 bits per heavy atom. The monoisotopic (exact) mass is 251 g/mol. The van der Waals surface area contributed by atoms with Crippen molar-refractivity contribution in [3.05, 3.63) is 29.3 Å². The Bertz CT molecular complexity index is 518. The molecular weight excluding hydrogens is 244 g/mol. The van der Waals surface area contributed by atoms with Crippen LogP contribution in [0.15, 0.2) is 12.1 Å². The molecule has 0 fully saturated rings. The number of benzene rings is 1. The maximum atomic E-state index is 13.1. The summed E-state index contributed by atoms with van der Waals surface area (Å²) in [4.78, 5) is 10.4. The third kappa shape index (κ3) is 2.89. The van der Waals surface area contributed by atoms with E-state index in [9.17, 15) is 22.0 Å². The van der Waals surface area contributed by atoms with Gasteiger partial charge in [-0.2, -0.15) is 0 Å². The smallest absolute Gasteiger partial charge is 0.341 e. The molecule has 0 atom stereocenters. The van der Waals surface area contributed by atoms with Crippen LogP contribution in [0.2, 0.25) is 0 Å². The van der Waals surface area contributed by atoms with Gasteiger partial charge in [-0.05, 0) is 12.1 Å². The van der Waals surface area contributed by atoms with Gasteiger partial charge in [0.15, 0.2) is 0 Å². The number of nitrogens with one attached hydrogen (secondary N) is 1. The Morgan fingerprint density at radius 3 is 2.06 bits per heavy atom. The molecule has 0 saturated carbocycles. The molecule has 0 radical (unpaired) electrons. The third-order valence-corrected chi connectivity index (χ3v) is 2.17. The lowest BCUT2D eigenvalue weighted by atomic mass is 10.2. The number of halogens is 2. The van der Waals surface area contributed by atoms with E-state index in [1.165, 1.54) is 0 Å². The summed E-state index contributed by atoms with van der Waals surface area (Å²) < 4.78 is 49.5. The average molecular weight is 251 g/mol. The molecule has 16 heavy (non-hydrogen) atoms. The van der Waals surface area contributed by atoms with Crippen molar-refractivity contribution in [1.29, 1.82) is 0 Å². The zero-order valence-corrected chi connectivity index (χ0v) is 8.81. The van der Waals surface area contributed by atoms with E-state index in [1.54, 1.807) is 0 Å². The minimum atomic E-state index is -3.67. The Hall–Kier alpha value is -1.70. The van der Waals surface area contributed by atoms with E-state index in [2.05, 4.69) is 0 Å². The number of aromatic carboxylic acids is 1. The van der Waals surface area contributed by atoms with Gasteiger partial charge in [0, 0.05) is 0 Å². The fraction of sp³-hybridized carbons (Fsp3) is 0.125. The van der Waals surface area contributed by atoms with Crippen molar-refractivity contribution in [3.63, 3.8) is 0 Å². The first-order valence-corrected chi connectivity index (χ1v) is 5.80.